The predicted octanol–water partition coefficient (Wildman–Crippen LogP) is 3.13. The van der Waals surface area contributed by atoms with Gasteiger partial charge in [0.05, 0.1) is 5.92 Å². The van der Waals surface area contributed by atoms with Gasteiger partial charge in [0.25, 0.3) is 0 Å². The zero-order valence-corrected chi connectivity index (χ0v) is 9.78. The monoisotopic (exact) mass is 206 g/mol. The smallest absolute Gasteiger partial charge is 0.313 e. The molecule has 15 heavy (non-hydrogen) atoms. The molecule has 0 saturated carbocycles. The van der Waals surface area contributed by atoms with Crippen LogP contribution in [0, 0.1) is 0 Å². The molecule has 0 amide bonds. The van der Waals surface area contributed by atoms with Gasteiger partial charge in [0.15, 0.2) is 0 Å². The Labute approximate surface area is 91.3 Å². The Morgan fingerprint density at radius 1 is 1.20 bits per heavy atom. The summed E-state index contributed by atoms with van der Waals surface area (Å²) >= 11 is 0. The van der Waals surface area contributed by atoms with Crippen LogP contribution in [-0.2, 0) is 9.53 Å². The van der Waals surface area contributed by atoms with Crippen molar-refractivity contribution in [3.63, 3.8) is 0 Å². The zero-order valence-electron chi connectivity index (χ0n) is 9.78. The highest BCUT2D eigenvalue weighted by molar-refractivity contribution is 5.78. The third-order valence-corrected chi connectivity index (χ3v) is 2.06. The summed E-state index contributed by atoms with van der Waals surface area (Å²) in [6.45, 7) is 7.50. The fourth-order valence-corrected chi connectivity index (χ4v) is 1.27. The predicted molar refractivity (Wildman–Crippen MR) is 60.7 cm³/mol. The van der Waals surface area contributed by atoms with Crippen molar-refractivity contribution in [2.45, 2.75) is 39.2 Å². The molecule has 0 bridgehead atoms. The van der Waals surface area contributed by atoms with Crippen LogP contribution in [0.4, 0.5) is 0 Å². The van der Waals surface area contributed by atoms with Gasteiger partial charge < -0.3 is 4.74 Å². The minimum Gasteiger partial charge on any atom is -0.460 e. The largest absolute Gasteiger partial charge is 0.460 e. The lowest BCUT2D eigenvalue weighted by Crippen LogP contribution is -2.26. The average molecular weight is 206 g/mol. The maximum atomic E-state index is 11.7. The van der Waals surface area contributed by atoms with Gasteiger partial charge in [0.2, 0.25) is 0 Å². The van der Waals surface area contributed by atoms with Crippen molar-refractivity contribution in [2.24, 2.45) is 0 Å². The van der Waals surface area contributed by atoms with E-state index in [0.717, 1.165) is 5.56 Å². The lowest BCUT2D eigenvalue weighted by atomic mass is 10.0. The van der Waals surface area contributed by atoms with Crippen molar-refractivity contribution in [1.82, 2.24) is 0 Å². The first kappa shape index (κ1) is 11.8. The summed E-state index contributed by atoms with van der Waals surface area (Å²) in [5.74, 6) is -0.376. The Morgan fingerprint density at radius 2 is 1.73 bits per heavy atom. The van der Waals surface area contributed by atoms with Crippen LogP contribution in [0.15, 0.2) is 30.3 Å². The van der Waals surface area contributed by atoms with E-state index in [0.29, 0.717) is 0 Å². The second kappa shape index (κ2) is 4.47. The highest BCUT2D eigenvalue weighted by atomic mass is 16.6. The summed E-state index contributed by atoms with van der Waals surface area (Å²) in [4.78, 5) is 11.7. The molecule has 2 nitrogen and oxygen atoms in total. The normalized spacial score (nSPS) is 13.3. The van der Waals surface area contributed by atoms with Gasteiger partial charge in [-0.1, -0.05) is 30.3 Å². The quantitative estimate of drug-likeness (QED) is 0.695. The van der Waals surface area contributed by atoms with Gasteiger partial charge in [-0.25, -0.2) is 0 Å². The minimum absolute atomic E-state index is 0.172. The van der Waals surface area contributed by atoms with Crippen molar-refractivity contribution >= 4 is 5.97 Å². The van der Waals surface area contributed by atoms with Crippen LogP contribution in [-0.4, -0.2) is 11.6 Å². The van der Waals surface area contributed by atoms with Gasteiger partial charge in [-0.15, -0.1) is 0 Å². The van der Waals surface area contributed by atoms with Crippen molar-refractivity contribution in [2.75, 3.05) is 0 Å². The minimum atomic E-state index is -0.417. The van der Waals surface area contributed by atoms with E-state index >= 15 is 0 Å². The Bertz CT molecular complexity index is 322. The van der Waals surface area contributed by atoms with Gasteiger partial charge in [0.1, 0.15) is 5.60 Å². The van der Waals surface area contributed by atoms with Gasteiger partial charge in [-0.05, 0) is 33.3 Å². The number of esters is 1. The summed E-state index contributed by atoms with van der Waals surface area (Å²) < 4.78 is 5.31. The zero-order chi connectivity index (χ0) is 11.5. The molecule has 0 N–H and O–H groups in total. The molecule has 0 aliphatic heterocycles. The maximum absolute atomic E-state index is 11.7. The molecule has 0 aromatic heterocycles. The molecule has 1 aromatic carbocycles. The standard InChI is InChI=1S/C13H18O2/c1-10(11-8-6-5-7-9-11)12(14)15-13(2,3)4/h5-10H,1-4H3/t10-/m0/s1. The molecule has 2 heteroatoms. The van der Waals surface area contributed by atoms with Crippen LogP contribution in [0.2, 0.25) is 0 Å². The van der Waals surface area contributed by atoms with Crippen molar-refractivity contribution in [1.29, 1.82) is 0 Å². The Balaban J connectivity index is 2.70. The highest BCUT2D eigenvalue weighted by Gasteiger charge is 2.22. The van der Waals surface area contributed by atoms with Crippen LogP contribution in [0.5, 0.6) is 0 Å². The maximum Gasteiger partial charge on any atom is 0.313 e. The van der Waals surface area contributed by atoms with Crippen molar-refractivity contribution < 1.29 is 9.53 Å². The number of ether oxygens (including phenoxy) is 1. The molecule has 1 rings (SSSR count). The first-order chi connectivity index (χ1) is 6.90. The number of hydrogen-bond acceptors (Lipinski definition) is 2. The second-order valence-electron chi connectivity index (χ2n) is 4.67. The van der Waals surface area contributed by atoms with Gasteiger partial charge >= 0.3 is 5.97 Å². The van der Waals surface area contributed by atoms with E-state index in [-0.39, 0.29) is 11.9 Å². The number of rotatable bonds is 2. The molecule has 1 aromatic rings. The molecule has 1 atom stereocenters. The van der Waals surface area contributed by atoms with Crippen LogP contribution in [0.25, 0.3) is 0 Å². The van der Waals surface area contributed by atoms with Gasteiger partial charge in [-0.2, -0.15) is 0 Å². The van der Waals surface area contributed by atoms with E-state index in [1.807, 2.05) is 58.0 Å². The first-order valence-electron chi connectivity index (χ1n) is 5.18. The van der Waals surface area contributed by atoms with Crippen LogP contribution >= 0.6 is 0 Å². The van der Waals surface area contributed by atoms with Gasteiger partial charge in [0, 0.05) is 0 Å². The molecule has 0 aliphatic rings. The fraction of sp³-hybridized carbons (Fsp3) is 0.462. The van der Waals surface area contributed by atoms with E-state index in [4.69, 9.17) is 4.74 Å². The molecular formula is C13H18O2. The topological polar surface area (TPSA) is 26.3 Å². The van der Waals surface area contributed by atoms with E-state index in [2.05, 4.69) is 0 Å². The lowest BCUT2D eigenvalue weighted by Gasteiger charge is -2.22. The van der Waals surface area contributed by atoms with Crippen molar-refractivity contribution in [3.8, 4) is 0 Å². The summed E-state index contributed by atoms with van der Waals surface area (Å²) in [5, 5.41) is 0. The number of carbonyl (C=O) groups excluding carboxylic acids is 1. The van der Waals surface area contributed by atoms with E-state index in [1.165, 1.54) is 0 Å². The lowest BCUT2D eigenvalue weighted by molar-refractivity contribution is -0.156. The molecule has 0 heterocycles. The third-order valence-electron chi connectivity index (χ3n) is 2.06. The van der Waals surface area contributed by atoms with Gasteiger partial charge in [-0.3, -0.25) is 4.79 Å². The Kier molecular flexibility index (Phi) is 3.51. The number of benzene rings is 1. The fourth-order valence-electron chi connectivity index (χ4n) is 1.27. The van der Waals surface area contributed by atoms with Crippen LogP contribution < -0.4 is 0 Å². The average Bonchev–Trinajstić information content (AvgIpc) is 2.15. The Morgan fingerprint density at radius 3 is 2.20 bits per heavy atom. The summed E-state index contributed by atoms with van der Waals surface area (Å²) in [7, 11) is 0. The first-order valence-corrected chi connectivity index (χ1v) is 5.18. The van der Waals surface area contributed by atoms with Crippen LogP contribution in [0.3, 0.4) is 0 Å². The molecule has 82 valence electrons. The van der Waals surface area contributed by atoms with Crippen LogP contribution in [0.1, 0.15) is 39.2 Å². The Hall–Kier alpha value is -1.31. The van der Waals surface area contributed by atoms with Crippen molar-refractivity contribution in [3.05, 3.63) is 35.9 Å². The van der Waals surface area contributed by atoms with E-state index < -0.39 is 5.60 Å². The SMILES string of the molecule is C[C@H](C(=O)OC(C)(C)C)c1ccccc1. The molecule has 0 spiro atoms. The summed E-state index contributed by atoms with van der Waals surface area (Å²) in [5.41, 5.74) is 0.576. The number of carbonyl (C=O) groups is 1. The van der Waals surface area contributed by atoms with E-state index in [9.17, 15) is 4.79 Å². The molecule has 0 unspecified atom stereocenters. The molecular weight excluding hydrogens is 188 g/mol. The highest BCUT2D eigenvalue weighted by Crippen LogP contribution is 2.19. The molecule has 0 fully saturated rings. The molecule has 0 radical (unpaired) electrons. The van der Waals surface area contributed by atoms with E-state index in [1.54, 1.807) is 0 Å². The summed E-state index contributed by atoms with van der Waals surface area (Å²) in [6.07, 6.45) is 0. The molecule has 0 saturated heterocycles. The summed E-state index contributed by atoms with van der Waals surface area (Å²) in [6, 6.07) is 9.67. The molecule has 0 aliphatic carbocycles. The number of hydrogen-bond donors (Lipinski definition) is 0. The second-order valence-corrected chi connectivity index (χ2v) is 4.67. The third kappa shape index (κ3) is 3.74.